The Bertz CT molecular complexity index is 970. The molecule has 1 aromatic carbocycles. The van der Waals surface area contributed by atoms with Crippen LogP contribution < -0.4 is 14.3 Å². The number of ether oxygens (including phenoxy) is 1. The average molecular weight is 517 g/mol. The molecule has 4 aliphatic carbocycles. The molecule has 4 bridgehead atoms. The first-order valence-electron chi connectivity index (χ1n) is 10.0. The highest BCUT2D eigenvalue weighted by molar-refractivity contribution is 7.43. The highest BCUT2D eigenvalue weighted by atomic mass is 35.5. The Morgan fingerprint density at radius 3 is 2.31 bits per heavy atom. The lowest BCUT2D eigenvalue weighted by atomic mass is 9.46. The molecule has 3 unspecified atom stereocenters. The van der Waals surface area contributed by atoms with E-state index in [-0.39, 0.29) is 22.4 Å². The van der Waals surface area contributed by atoms with Crippen molar-refractivity contribution in [1.82, 2.24) is 0 Å². The Morgan fingerprint density at radius 1 is 1.16 bits per heavy atom. The van der Waals surface area contributed by atoms with Crippen molar-refractivity contribution in [3.05, 3.63) is 28.8 Å². The summed E-state index contributed by atoms with van der Waals surface area (Å²) >= 11 is 12.7. The standard InChI is InChI=1S/C19H20Cl2F3O7P/c20-14-2-1-11(5-15(14)29-32(25,26)27)19(28-9-17(22,23)24)18(30-31-19)12-3-10-4-13(18)8-16(21,6-10)7-12/h1-2,5,10,12-13H,3-4,6-9H2,(H2,25,26,27)/p-2. The predicted octanol–water partition coefficient (Wildman–Crippen LogP) is 3.80. The normalized spacial score (nSPS) is 40.5. The fraction of sp³-hybridized carbons (Fsp3) is 0.684. The number of hydrogen-bond donors (Lipinski definition) is 0. The molecule has 5 fully saturated rings. The molecule has 0 radical (unpaired) electrons. The Morgan fingerprint density at radius 2 is 1.81 bits per heavy atom. The summed E-state index contributed by atoms with van der Waals surface area (Å²) in [5, 5.41) is -0.217. The molecule has 32 heavy (non-hydrogen) atoms. The quantitative estimate of drug-likeness (QED) is 0.333. The molecular formula is C19H18Cl2F3O7P-2. The van der Waals surface area contributed by atoms with Gasteiger partial charge in [0.25, 0.3) is 5.79 Å². The highest BCUT2D eigenvalue weighted by Crippen LogP contribution is 2.71. The molecule has 1 heterocycles. The summed E-state index contributed by atoms with van der Waals surface area (Å²) < 4.78 is 60.5. The number of phosphoric acid groups is 1. The van der Waals surface area contributed by atoms with Crippen molar-refractivity contribution in [2.45, 2.75) is 54.5 Å². The lowest BCUT2D eigenvalue weighted by Gasteiger charge is -2.70. The van der Waals surface area contributed by atoms with E-state index in [0.29, 0.717) is 31.6 Å². The molecule has 13 heteroatoms. The summed E-state index contributed by atoms with van der Waals surface area (Å²) in [5.74, 6) is -2.68. The second kappa shape index (κ2) is 7.21. The minimum atomic E-state index is -5.48. The van der Waals surface area contributed by atoms with Gasteiger partial charge in [-0.1, -0.05) is 17.7 Å². The van der Waals surface area contributed by atoms with Crippen LogP contribution in [0.5, 0.6) is 5.75 Å². The average Bonchev–Trinajstić information content (AvgIpc) is 2.60. The lowest BCUT2D eigenvalue weighted by molar-refractivity contribution is -0.650. The second-order valence-corrected chi connectivity index (χ2v) is 11.4. The molecule has 0 aromatic heterocycles. The van der Waals surface area contributed by atoms with Crippen LogP contribution in [-0.2, 0) is 24.9 Å². The summed E-state index contributed by atoms with van der Waals surface area (Å²) in [6.45, 7) is -1.63. The monoisotopic (exact) mass is 516 g/mol. The zero-order chi connectivity index (χ0) is 23.2. The lowest BCUT2D eigenvalue weighted by Crippen LogP contribution is -2.78. The van der Waals surface area contributed by atoms with Crippen LogP contribution in [0, 0.1) is 17.8 Å². The van der Waals surface area contributed by atoms with E-state index in [0.717, 1.165) is 12.5 Å². The van der Waals surface area contributed by atoms with Gasteiger partial charge in [-0.3, -0.25) is 0 Å². The van der Waals surface area contributed by atoms with Gasteiger partial charge in [0.05, 0.1) is 5.02 Å². The van der Waals surface area contributed by atoms with Crippen LogP contribution in [0.2, 0.25) is 5.02 Å². The van der Waals surface area contributed by atoms with Gasteiger partial charge < -0.3 is 23.6 Å². The first-order valence-corrected chi connectivity index (χ1v) is 12.3. The van der Waals surface area contributed by atoms with Crippen molar-refractivity contribution < 1.29 is 46.6 Å². The maximum atomic E-state index is 13.2. The van der Waals surface area contributed by atoms with Gasteiger partial charge in [-0.25, -0.2) is 4.89 Å². The molecule has 1 saturated heterocycles. The predicted molar refractivity (Wildman–Crippen MR) is 100 cm³/mol. The number of phosphoric ester groups is 1. The summed E-state index contributed by atoms with van der Waals surface area (Å²) in [4.78, 5) is 32.8. The fourth-order valence-electron chi connectivity index (χ4n) is 6.33. The third-order valence-corrected chi connectivity index (χ3v) is 8.29. The van der Waals surface area contributed by atoms with Crippen LogP contribution >= 0.6 is 31.0 Å². The zero-order valence-electron chi connectivity index (χ0n) is 16.4. The number of alkyl halides is 4. The van der Waals surface area contributed by atoms with Crippen LogP contribution in [0.3, 0.4) is 0 Å². The molecule has 7 nitrogen and oxygen atoms in total. The Kier molecular flexibility index (Phi) is 5.22. The van der Waals surface area contributed by atoms with Gasteiger partial charge >= 0.3 is 6.18 Å². The van der Waals surface area contributed by atoms with Gasteiger partial charge in [-0.15, -0.1) is 11.6 Å². The Hall–Kier alpha value is -0.580. The van der Waals surface area contributed by atoms with E-state index in [1.54, 1.807) is 0 Å². The van der Waals surface area contributed by atoms with Crippen molar-refractivity contribution in [2.75, 3.05) is 6.61 Å². The maximum absolute atomic E-state index is 13.2. The minimum Gasteiger partial charge on any atom is -0.780 e. The van der Waals surface area contributed by atoms with E-state index in [4.69, 9.17) is 37.7 Å². The number of rotatable bonds is 5. The molecule has 3 atom stereocenters. The first kappa shape index (κ1) is 23.2. The number of halogens is 5. The van der Waals surface area contributed by atoms with E-state index in [2.05, 4.69) is 4.52 Å². The van der Waals surface area contributed by atoms with Gasteiger partial charge in [0.15, 0.2) is 5.60 Å². The summed E-state index contributed by atoms with van der Waals surface area (Å²) in [7, 11) is -5.48. The Balaban J connectivity index is 1.60. The smallest absolute Gasteiger partial charge is 0.411 e. The molecule has 1 aliphatic heterocycles. The molecule has 6 rings (SSSR count). The van der Waals surface area contributed by atoms with Crippen LogP contribution in [0.4, 0.5) is 13.2 Å². The van der Waals surface area contributed by atoms with E-state index in [1.807, 2.05) is 0 Å². The SMILES string of the molecule is O=P([O-])([O-])Oc1cc(C2(OCC(F)(F)F)OOC23C2CC4CC3CC(Cl)(C4)C2)ccc1Cl. The van der Waals surface area contributed by atoms with Gasteiger partial charge in [-0.2, -0.15) is 18.1 Å². The van der Waals surface area contributed by atoms with E-state index in [9.17, 15) is 27.5 Å². The van der Waals surface area contributed by atoms with Gasteiger partial charge in [0, 0.05) is 10.4 Å². The van der Waals surface area contributed by atoms with Crippen LogP contribution in [0.25, 0.3) is 0 Å². The third-order valence-electron chi connectivity index (χ3n) is 7.10. The van der Waals surface area contributed by atoms with Crippen LogP contribution in [-0.4, -0.2) is 23.3 Å². The van der Waals surface area contributed by atoms with Crippen molar-refractivity contribution in [2.24, 2.45) is 17.8 Å². The highest BCUT2D eigenvalue weighted by Gasteiger charge is 2.78. The molecular weight excluding hydrogens is 499 g/mol. The number of hydrogen-bond acceptors (Lipinski definition) is 7. The second-order valence-electron chi connectivity index (χ2n) is 9.16. The van der Waals surface area contributed by atoms with Crippen LogP contribution in [0.15, 0.2) is 18.2 Å². The van der Waals surface area contributed by atoms with Crippen molar-refractivity contribution in [1.29, 1.82) is 0 Å². The molecule has 1 aromatic rings. The molecule has 0 amide bonds. The minimum absolute atomic E-state index is 0.0111. The molecule has 178 valence electrons. The Labute approximate surface area is 191 Å². The molecule has 5 aliphatic rings. The van der Waals surface area contributed by atoms with E-state index in [1.165, 1.54) is 12.1 Å². The van der Waals surface area contributed by atoms with E-state index < -0.39 is 42.6 Å². The molecule has 1 spiro atoms. The first-order chi connectivity index (χ1) is 14.8. The van der Waals surface area contributed by atoms with Crippen LogP contribution in [0.1, 0.15) is 37.7 Å². The third kappa shape index (κ3) is 3.58. The summed E-state index contributed by atoms with van der Waals surface area (Å²) in [6.07, 6.45) is -1.39. The maximum Gasteiger partial charge on any atom is 0.411 e. The number of benzene rings is 1. The topological polar surface area (TPSA) is 100 Å². The fourth-order valence-corrected chi connectivity index (χ4v) is 7.53. The van der Waals surface area contributed by atoms with Gasteiger partial charge in [0.2, 0.25) is 0 Å². The summed E-state index contributed by atoms with van der Waals surface area (Å²) in [6, 6.07) is 3.60. The zero-order valence-corrected chi connectivity index (χ0v) is 18.8. The largest absolute Gasteiger partial charge is 0.780 e. The van der Waals surface area contributed by atoms with Crippen molar-refractivity contribution >= 4 is 31.0 Å². The van der Waals surface area contributed by atoms with Gasteiger partial charge in [-0.05, 0) is 62.0 Å². The van der Waals surface area contributed by atoms with Crippen molar-refractivity contribution in [3.8, 4) is 5.75 Å². The molecule has 4 saturated carbocycles. The van der Waals surface area contributed by atoms with Crippen molar-refractivity contribution in [3.63, 3.8) is 0 Å². The molecule has 0 N–H and O–H groups in total. The van der Waals surface area contributed by atoms with E-state index >= 15 is 0 Å². The summed E-state index contributed by atoms with van der Waals surface area (Å²) in [5.41, 5.74) is -1.24. The van der Waals surface area contributed by atoms with Gasteiger partial charge in [0.1, 0.15) is 20.2 Å².